The maximum atomic E-state index is 12.3. The lowest BCUT2D eigenvalue weighted by atomic mass is 10.1. The first-order valence-corrected chi connectivity index (χ1v) is 8.72. The number of benzene rings is 2. The highest BCUT2D eigenvalue weighted by molar-refractivity contribution is 5.83. The molecule has 1 amide bonds. The first-order valence-electron chi connectivity index (χ1n) is 8.72. The molecule has 5 nitrogen and oxygen atoms in total. The van der Waals surface area contributed by atoms with Gasteiger partial charge in [-0.15, -0.1) is 0 Å². The average molecular weight is 338 g/mol. The highest BCUT2D eigenvalue weighted by Gasteiger charge is 2.44. The number of amides is 1. The van der Waals surface area contributed by atoms with Crippen LogP contribution in [-0.2, 0) is 11.2 Å². The SMILES string of the molecule is Nc1ccc(CCNC(=O)C2CC2c2ccc3c(c2)OCCO3)cc1. The van der Waals surface area contributed by atoms with Gasteiger partial charge in [0.15, 0.2) is 11.5 Å². The van der Waals surface area contributed by atoms with Crippen LogP contribution in [0.25, 0.3) is 0 Å². The number of nitrogen functional groups attached to an aromatic ring is 1. The molecular formula is C20H22N2O3. The van der Waals surface area contributed by atoms with Gasteiger partial charge in [-0.3, -0.25) is 4.79 Å². The van der Waals surface area contributed by atoms with Crippen LogP contribution in [0.4, 0.5) is 5.69 Å². The Morgan fingerprint density at radius 3 is 2.64 bits per heavy atom. The fraction of sp³-hybridized carbons (Fsp3) is 0.350. The van der Waals surface area contributed by atoms with Crippen molar-refractivity contribution in [3.63, 3.8) is 0 Å². The van der Waals surface area contributed by atoms with Crippen LogP contribution in [0.3, 0.4) is 0 Å². The van der Waals surface area contributed by atoms with Crippen molar-refractivity contribution in [1.29, 1.82) is 0 Å². The van der Waals surface area contributed by atoms with Crippen molar-refractivity contribution in [1.82, 2.24) is 5.32 Å². The molecule has 25 heavy (non-hydrogen) atoms. The van der Waals surface area contributed by atoms with Gasteiger partial charge in [0.05, 0.1) is 0 Å². The number of hydrogen-bond donors (Lipinski definition) is 2. The van der Waals surface area contributed by atoms with Crippen LogP contribution in [0.1, 0.15) is 23.5 Å². The predicted octanol–water partition coefficient (Wildman–Crippen LogP) is 2.50. The molecule has 0 bridgehead atoms. The van der Waals surface area contributed by atoms with Crippen molar-refractivity contribution in [2.45, 2.75) is 18.8 Å². The number of rotatable bonds is 5. The standard InChI is InChI=1S/C20H22N2O3/c21-15-4-1-13(2-5-15)7-8-22-20(23)17-12-16(17)14-3-6-18-19(11-14)25-10-9-24-18/h1-6,11,16-17H,7-10,12,21H2,(H,22,23). The highest BCUT2D eigenvalue weighted by atomic mass is 16.6. The van der Waals surface area contributed by atoms with Crippen LogP contribution >= 0.6 is 0 Å². The lowest BCUT2D eigenvalue weighted by molar-refractivity contribution is -0.122. The second-order valence-corrected chi connectivity index (χ2v) is 6.63. The van der Waals surface area contributed by atoms with Crippen LogP contribution in [0, 0.1) is 5.92 Å². The van der Waals surface area contributed by atoms with Crippen molar-refractivity contribution in [3.8, 4) is 11.5 Å². The minimum absolute atomic E-state index is 0.0639. The number of carbonyl (C=O) groups excluding carboxylic acids is 1. The quantitative estimate of drug-likeness (QED) is 0.822. The van der Waals surface area contributed by atoms with Gasteiger partial charge in [-0.1, -0.05) is 18.2 Å². The van der Waals surface area contributed by atoms with Crippen LogP contribution in [0.2, 0.25) is 0 Å². The molecule has 0 spiro atoms. The van der Waals surface area contributed by atoms with Gasteiger partial charge in [0.2, 0.25) is 5.91 Å². The van der Waals surface area contributed by atoms with Gasteiger partial charge in [0.1, 0.15) is 13.2 Å². The molecular weight excluding hydrogens is 316 g/mol. The minimum atomic E-state index is 0.0639. The van der Waals surface area contributed by atoms with E-state index in [0.29, 0.717) is 19.8 Å². The van der Waals surface area contributed by atoms with E-state index in [1.165, 1.54) is 5.56 Å². The molecule has 2 aromatic carbocycles. The van der Waals surface area contributed by atoms with Crippen LogP contribution in [0.5, 0.6) is 11.5 Å². The van der Waals surface area contributed by atoms with E-state index >= 15 is 0 Å². The first-order chi connectivity index (χ1) is 12.2. The Kier molecular flexibility index (Phi) is 4.22. The lowest BCUT2D eigenvalue weighted by Crippen LogP contribution is -2.27. The number of fused-ring (bicyclic) bond motifs is 1. The zero-order valence-electron chi connectivity index (χ0n) is 14.0. The Balaban J connectivity index is 1.29. The van der Waals surface area contributed by atoms with Gasteiger partial charge in [0.25, 0.3) is 0 Å². The van der Waals surface area contributed by atoms with E-state index in [2.05, 4.69) is 5.32 Å². The fourth-order valence-electron chi connectivity index (χ4n) is 3.29. The molecule has 0 saturated heterocycles. The number of ether oxygens (including phenoxy) is 2. The van der Waals surface area contributed by atoms with Gasteiger partial charge in [-0.2, -0.15) is 0 Å². The third kappa shape index (κ3) is 3.55. The summed E-state index contributed by atoms with van der Waals surface area (Å²) < 4.78 is 11.2. The number of anilines is 1. The van der Waals surface area contributed by atoms with Crippen molar-refractivity contribution in [2.75, 3.05) is 25.5 Å². The van der Waals surface area contributed by atoms with Gasteiger partial charge in [-0.05, 0) is 54.2 Å². The summed E-state index contributed by atoms with van der Waals surface area (Å²) in [6.45, 7) is 1.82. The molecule has 3 N–H and O–H groups in total. The van der Waals surface area contributed by atoms with Gasteiger partial charge >= 0.3 is 0 Å². The summed E-state index contributed by atoms with van der Waals surface area (Å²) >= 11 is 0. The molecule has 2 aromatic rings. The maximum Gasteiger partial charge on any atom is 0.223 e. The van der Waals surface area contributed by atoms with E-state index < -0.39 is 0 Å². The Morgan fingerprint density at radius 1 is 1.08 bits per heavy atom. The Bertz CT molecular complexity index is 773. The minimum Gasteiger partial charge on any atom is -0.486 e. The van der Waals surface area contributed by atoms with Crippen molar-refractivity contribution in [3.05, 3.63) is 53.6 Å². The zero-order chi connectivity index (χ0) is 17.2. The summed E-state index contributed by atoms with van der Waals surface area (Å²) in [7, 11) is 0. The molecule has 1 fully saturated rings. The molecule has 2 atom stereocenters. The maximum absolute atomic E-state index is 12.3. The molecule has 2 unspecified atom stereocenters. The van der Waals surface area contributed by atoms with Gasteiger partial charge < -0.3 is 20.5 Å². The summed E-state index contributed by atoms with van der Waals surface area (Å²) in [4.78, 5) is 12.3. The summed E-state index contributed by atoms with van der Waals surface area (Å²) in [5.41, 5.74) is 8.77. The molecule has 4 rings (SSSR count). The van der Waals surface area contributed by atoms with Crippen LogP contribution in [-0.4, -0.2) is 25.7 Å². The molecule has 2 aliphatic rings. The Labute approximate surface area is 147 Å². The number of nitrogens with two attached hydrogens (primary N) is 1. The number of hydrogen-bond acceptors (Lipinski definition) is 4. The first kappa shape index (κ1) is 15.8. The molecule has 0 radical (unpaired) electrons. The van der Waals surface area contributed by atoms with E-state index in [4.69, 9.17) is 15.2 Å². The smallest absolute Gasteiger partial charge is 0.223 e. The summed E-state index contributed by atoms with van der Waals surface area (Å²) in [5.74, 6) is 2.06. The third-order valence-electron chi connectivity index (χ3n) is 4.81. The van der Waals surface area contributed by atoms with Crippen molar-refractivity contribution in [2.24, 2.45) is 5.92 Å². The number of nitrogens with one attached hydrogen (secondary N) is 1. The van der Waals surface area contributed by atoms with Crippen LogP contribution in [0.15, 0.2) is 42.5 Å². The third-order valence-corrected chi connectivity index (χ3v) is 4.81. The summed E-state index contributed by atoms with van der Waals surface area (Å²) in [5, 5.41) is 3.04. The molecule has 1 saturated carbocycles. The zero-order valence-corrected chi connectivity index (χ0v) is 14.0. The second-order valence-electron chi connectivity index (χ2n) is 6.63. The van der Waals surface area contributed by atoms with E-state index in [-0.39, 0.29) is 17.7 Å². The second kappa shape index (κ2) is 6.67. The van der Waals surface area contributed by atoms with Crippen LogP contribution < -0.4 is 20.5 Å². The molecule has 1 aliphatic carbocycles. The Hall–Kier alpha value is -2.69. The lowest BCUT2D eigenvalue weighted by Gasteiger charge is -2.18. The summed E-state index contributed by atoms with van der Waals surface area (Å²) in [6.07, 6.45) is 1.71. The topological polar surface area (TPSA) is 73.6 Å². The molecule has 5 heteroatoms. The Morgan fingerprint density at radius 2 is 1.84 bits per heavy atom. The van der Waals surface area contributed by atoms with E-state index in [9.17, 15) is 4.79 Å². The monoisotopic (exact) mass is 338 g/mol. The molecule has 130 valence electrons. The predicted molar refractivity (Wildman–Crippen MR) is 95.8 cm³/mol. The number of carbonyl (C=O) groups is 1. The average Bonchev–Trinajstić information content (AvgIpc) is 3.44. The van der Waals surface area contributed by atoms with Gasteiger partial charge in [0, 0.05) is 18.2 Å². The normalized spacial score (nSPS) is 20.8. The largest absolute Gasteiger partial charge is 0.486 e. The van der Waals surface area contributed by atoms with Crippen molar-refractivity contribution < 1.29 is 14.3 Å². The van der Waals surface area contributed by atoms with Gasteiger partial charge in [-0.25, -0.2) is 0 Å². The highest BCUT2D eigenvalue weighted by Crippen LogP contribution is 2.49. The molecule has 1 heterocycles. The van der Waals surface area contributed by atoms with E-state index in [1.54, 1.807) is 0 Å². The fourth-order valence-corrected chi connectivity index (χ4v) is 3.29. The van der Waals surface area contributed by atoms with E-state index in [0.717, 1.165) is 35.6 Å². The van der Waals surface area contributed by atoms with E-state index in [1.807, 2.05) is 42.5 Å². The molecule has 1 aliphatic heterocycles. The molecule has 0 aromatic heterocycles. The van der Waals surface area contributed by atoms with Crippen molar-refractivity contribution >= 4 is 11.6 Å². The summed E-state index contributed by atoms with van der Waals surface area (Å²) in [6, 6.07) is 13.8.